The first-order chi connectivity index (χ1) is 22.5. The molecular formula is C44H44N2. The van der Waals surface area contributed by atoms with Crippen LogP contribution in [-0.2, 0) is 0 Å². The van der Waals surface area contributed by atoms with E-state index >= 15 is 0 Å². The summed E-state index contributed by atoms with van der Waals surface area (Å²) in [6.07, 6.45) is 36.1. The molecule has 0 saturated heterocycles. The van der Waals surface area contributed by atoms with Crippen LogP contribution in [0.2, 0.25) is 0 Å². The zero-order valence-electron chi connectivity index (χ0n) is 27.5. The molecule has 0 bridgehead atoms. The topological polar surface area (TPSA) is 6.48 Å². The van der Waals surface area contributed by atoms with Crippen molar-refractivity contribution in [3.05, 3.63) is 204 Å². The number of benzene rings is 2. The van der Waals surface area contributed by atoms with Crippen LogP contribution in [0.1, 0.15) is 27.7 Å². The van der Waals surface area contributed by atoms with Crippen LogP contribution < -0.4 is 15.3 Å². The number of fused-ring (bicyclic) bond motifs is 1. The molecule has 2 atom stereocenters. The summed E-state index contributed by atoms with van der Waals surface area (Å²) in [5, 5.41) is 2.42. The molecule has 0 N–H and O–H groups in total. The Labute approximate surface area is 275 Å². The van der Waals surface area contributed by atoms with Crippen LogP contribution in [0.25, 0.3) is 11.6 Å². The minimum Gasteiger partial charge on any atom is -0.311 e. The predicted octanol–water partition coefficient (Wildman–Crippen LogP) is 10.0. The third-order valence-electron chi connectivity index (χ3n) is 8.93. The van der Waals surface area contributed by atoms with Gasteiger partial charge in [0.2, 0.25) is 0 Å². The Bertz CT molecular complexity index is 1930. The lowest BCUT2D eigenvalue weighted by molar-refractivity contribution is 0.477. The molecule has 2 nitrogen and oxygen atoms in total. The Morgan fingerprint density at radius 1 is 0.739 bits per heavy atom. The number of rotatable bonds is 12. The Balaban J connectivity index is 1.84. The van der Waals surface area contributed by atoms with Crippen LogP contribution in [-0.4, -0.2) is 4.90 Å². The minimum absolute atomic E-state index is 0.228. The highest BCUT2D eigenvalue weighted by atomic mass is 15.2. The van der Waals surface area contributed by atoms with E-state index < -0.39 is 0 Å². The second-order valence-electron chi connectivity index (χ2n) is 11.5. The van der Waals surface area contributed by atoms with Gasteiger partial charge in [0, 0.05) is 39.8 Å². The molecule has 0 saturated carbocycles. The molecule has 3 aliphatic carbocycles. The van der Waals surface area contributed by atoms with Crippen molar-refractivity contribution >= 4 is 23.0 Å². The van der Waals surface area contributed by atoms with Crippen LogP contribution in [0.4, 0.5) is 11.4 Å². The lowest BCUT2D eigenvalue weighted by Gasteiger charge is -2.35. The van der Waals surface area contributed by atoms with E-state index in [-0.39, 0.29) is 11.3 Å². The number of anilines is 2. The van der Waals surface area contributed by atoms with E-state index in [0.29, 0.717) is 0 Å². The fourth-order valence-electron chi connectivity index (χ4n) is 6.75. The molecule has 0 spiro atoms. The van der Waals surface area contributed by atoms with Gasteiger partial charge in [-0.2, -0.15) is 0 Å². The summed E-state index contributed by atoms with van der Waals surface area (Å²) >= 11 is 0. The zero-order chi connectivity index (χ0) is 32.7. The van der Waals surface area contributed by atoms with E-state index in [4.69, 9.17) is 0 Å². The third-order valence-corrected chi connectivity index (χ3v) is 8.93. The van der Waals surface area contributed by atoms with E-state index in [1.54, 1.807) is 0 Å². The summed E-state index contributed by atoms with van der Waals surface area (Å²) in [7, 11) is 0. The second kappa shape index (κ2) is 14.2. The molecule has 5 rings (SSSR count). The molecule has 0 aliphatic heterocycles. The highest BCUT2D eigenvalue weighted by Gasteiger charge is 2.46. The van der Waals surface area contributed by atoms with Crippen molar-refractivity contribution in [2.24, 2.45) is 11.3 Å². The van der Waals surface area contributed by atoms with Gasteiger partial charge in [-0.05, 0) is 97.0 Å². The maximum atomic E-state index is 4.05. The maximum absolute atomic E-state index is 4.05. The second-order valence-corrected chi connectivity index (χ2v) is 11.5. The number of hydrogen-bond donors (Lipinski definition) is 0. The molecule has 0 radical (unpaired) electrons. The van der Waals surface area contributed by atoms with Gasteiger partial charge in [-0.3, -0.25) is 0 Å². The van der Waals surface area contributed by atoms with Crippen molar-refractivity contribution < 1.29 is 0 Å². The van der Waals surface area contributed by atoms with Crippen molar-refractivity contribution in [2.45, 2.75) is 27.7 Å². The zero-order valence-corrected chi connectivity index (χ0v) is 27.5. The van der Waals surface area contributed by atoms with Gasteiger partial charge in [-0.15, -0.1) is 0 Å². The Hall–Kier alpha value is -5.34. The van der Waals surface area contributed by atoms with Gasteiger partial charge in [-0.1, -0.05) is 124 Å². The lowest BCUT2D eigenvalue weighted by Crippen LogP contribution is -2.32. The minimum atomic E-state index is -0.228. The van der Waals surface area contributed by atoms with Gasteiger partial charge >= 0.3 is 0 Å². The monoisotopic (exact) mass is 600 g/mol. The van der Waals surface area contributed by atoms with Gasteiger partial charge < -0.3 is 9.80 Å². The standard InChI is InChI=1S/C44H44N2/c1-8-14-21-35(12-5)45(38-23-17-16-18-24-38)39-28-25-33-31-43(42-30-27-34-26-29-41(40(33)32-39)44(34,42)7)46(36(13-6)22-15-9-2)37(19-10-3)20-11-4/h8-32,34H,1-3H2,4-7H3/b20-11-,21-14-,22-15-,35-12+,36-13+,37-19+. The smallest absolute Gasteiger partial charge is 0.0508 e. The summed E-state index contributed by atoms with van der Waals surface area (Å²) < 4.78 is 0. The quantitative estimate of drug-likeness (QED) is 0.224. The molecule has 3 aliphatic rings. The van der Waals surface area contributed by atoms with E-state index in [9.17, 15) is 0 Å². The average Bonchev–Trinajstić information content (AvgIpc) is 3.54. The van der Waals surface area contributed by atoms with Crippen molar-refractivity contribution in [3.63, 3.8) is 0 Å². The van der Waals surface area contributed by atoms with Gasteiger partial charge in [0.15, 0.2) is 0 Å². The first-order valence-corrected chi connectivity index (χ1v) is 16.0. The van der Waals surface area contributed by atoms with Crippen molar-refractivity contribution in [2.75, 3.05) is 4.90 Å². The summed E-state index contributed by atoms with van der Waals surface area (Å²) in [5.74, 6) is 0.274. The largest absolute Gasteiger partial charge is 0.311 e. The lowest BCUT2D eigenvalue weighted by atomic mass is 9.73. The maximum Gasteiger partial charge on any atom is 0.0508 e. The molecule has 0 heterocycles. The first kappa shape index (κ1) is 32.1. The molecule has 2 unspecified atom stereocenters. The summed E-state index contributed by atoms with van der Waals surface area (Å²) in [4.78, 5) is 4.66. The van der Waals surface area contributed by atoms with Crippen molar-refractivity contribution in [1.29, 1.82) is 0 Å². The van der Waals surface area contributed by atoms with Crippen LogP contribution in [0.5, 0.6) is 0 Å². The summed E-state index contributed by atoms with van der Waals surface area (Å²) in [6.45, 7) is 20.5. The first-order valence-electron chi connectivity index (χ1n) is 16.0. The van der Waals surface area contributed by atoms with Crippen LogP contribution >= 0.6 is 0 Å². The SMILES string of the molecule is C=C/C=C\C(=C/C)N(C1=C2C=CC3C=CC(=c4cc(N(C(/C=C\C=C)=C/C)c5ccccc5)ccc4=C1)C23C)C(/C=C\C)=C/C=C. The van der Waals surface area contributed by atoms with Gasteiger partial charge in [-0.25, -0.2) is 0 Å². The highest BCUT2D eigenvalue weighted by Crippen LogP contribution is 2.56. The third kappa shape index (κ3) is 5.75. The highest BCUT2D eigenvalue weighted by molar-refractivity contribution is 5.81. The number of hydrogen-bond acceptors (Lipinski definition) is 2. The summed E-state index contributed by atoms with van der Waals surface area (Å²) in [5.41, 5.74) is 8.91. The van der Waals surface area contributed by atoms with Gasteiger partial charge in [0.1, 0.15) is 0 Å². The van der Waals surface area contributed by atoms with E-state index in [1.165, 1.54) is 21.6 Å². The van der Waals surface area contributed by atoms with Gasteiger partial charge in [0.05, 0.1) is 5.70 Å². The molecule has 0 aromatic heterocycles. The fourth-order valence-corrected chi connectivity index (χ4v) is 6.75. The van der Waals surface area contributed by atoms with Crippen molar-refractivity contribution in [1.82, 2.24) is 4.90 Å². The molecule has 230 valence electrons. The van der Waals surface area contributed by atoms with E-state index in [0.717, 1.165) is 34.2 Å². The predicted molar refractivity (Wildman–Crippen MR) is 200 cm³/mol. The molecule has 0 fully saturated rings. The van der Waals surface area contributed by atoms with Crippen LogP contribution in [0.3, 0.4) is 0 Å². The molecular weight excluding hydrogens is 556 g/mol. The molecule has 2 heteroatoms. The van der Waals surface area contributed by atoms with Gasteiger partial charge in [0.25, 0.3) is 0 Å². The molecule has 0 amide bonds. The molecule has 46 heavy (non-hydrogen) atoms. The van der Waals surface area contributed by atoms with Crippen LogP contribution in [0, 0.1) is 11.3 Å². The van der Waals surface area contributed by atoms with Crippen LogP contribution in [0.15, 0.2) is 194 Å². The normalized spacial score (nSPS) is 20.7. The Morgan fingerprint density at radius 2 is 1.41 bits per heavy atom. The molecule has 2 aromatic rings. The van der Waals surface area contributed by atoms with E-state index in [1.807, 2.05) is 30.4 Å². The average molecular weight is 601 g/mol. The fraction of sp³-hybridized carbons (Fsp3) is 0.136. The number of allylic oxidation sites excluding steroid dienone is 18. The Kier molecular flexibility index (Phi) is 9.88. The number of para-hydroxylation sites is 1. The van der Waals surface area contributed by atoms with Crippen molar-refractivity contribution in [3.8, 4) is 0 Å². The van der Waals surface area contributed by atoms with E-state index in [2.05, 4.69) is 179 Å². The molecule has 2 aromatic carbocycles. The Morgan fingerprint density at radius 3 is 2.04 bits per heavy atom. The summed E-state index contributed by atoms with van der Waals surface area (Å²) in [6, 6.07) is 17.4. The number of nitrogens with zero attached hydrogens (tertiary/aromatic N) is 2.